The average molecular weight is 729 g/mol. The molecule has 0 amide bonds. The highest BCUT2D eigenvalue weighted by Gasteiger charge is 2.39. The van der Waals surface area contributed by atoms with Gasteiger partial charge in [0.05, 0.1) is 12.2 Å². The van der Waals surface area contributed by atoms with Gasteiger partial charge in [-0.2, -0.15) is 8.78 Å². The molecule has 0 bridgehead atoms. The van der Waals surface area contributed by atoms with E-state index in [1.54, 1.807) is 6.07 Å². The Kier molecular flexibility index (Phi) is 9.34. The van der Waals surface area contributed by atoms with Gasteiger partial charge in [-0.05, 0) is 86.3 Å². The van der Waals surface area contributed by atoms with Crippen molar-refractivity contribution in [3.63, 3.8) is 0 Å². The highest BCUT2D eigenvalue weighted by Crippen LogP contribution is 2.25. The standard InChI is InChI=1S/C13H11F2I3O7S/c14-13(15,26(21,22)23)6-25-9(19)2-1-5-24-12(20)10-7(16)3-4-8(17)11(10)18/h3-4H,1-2,5-6H2,(H,21,22,23)/p-1. The third kappa shape index (κ3) is 6.93. The van der Waals surface area contributed by atoms with Crippen molar-refractivity contribution in [1.29, 1.82) is 0 Å². The van der Waals surface area contributed by atoms with E-state index in [2.05, 4.69) is 27.3 Å². The molecule has 0 spiro atoms. The molecule has 0 radical (unpaired) electrons. The fourth-order valence-electron chi connectivity index (χ4n) is 1.48. The Morgan fingerprint density at radius 3 is 2.27 bits per heavy atom. The summed E-state index contributed by atoms with van der Waals surface area (Å²) in [7, 11) is -5.91. The fourth-order valence-corrected chi connectivity index (χ4v) is 4.01. The van der Waals surface area contributed by atoms with Crippen molar-refractivity contribution in [3.8, 4) is 0 Å². The maximum Gasteiger partial charge on any atom is 0.367 e. The molecule has 0 saturated heterocycles. The average Bonchev–Trinajstić information content (AvgIpc) is 2.52. The van der Waals surface area contributed by atoms with Crippen molar-refractivity contribution >= 4 is 89.8 Å². The summed E-state index contributed by atoms with van der Waals surface area (Å²) in [5.41, 5.74) is 0.390. The largest absolute Gasteiger partial charge is 0.743 e. The molecule has 0 unspecified atom stereocenters. The number of hydrogen-bond acceptors (Lipinski definition) is 7. The fraction of sp³-hybridized carbons (Fsp3) is 0.385. The third-order valence-electron chi connectivity index (χ3n) is 2.77. The summed E-state index contributed by atoms with van der Waals surface area (Å²) in [5.74, 6) is -1.72. The van der Waals surface area contributed by atoms with Crippen LogP contribution in [0, 0.1) is 10.7 Å². The van der Waals surface area contributed by atoms with Crippen molar-refractivity contribution in [3.05, 3.63) is 28.4 Å². The van der Waals surface area contributed by atoms with E-state index >= 15 is 0 Å². The zero-order chi connectivity index (χ0) is 20.1. The van der Waals surface area contributed by atoms with Crippen LogP contribution in [0.25, 0.3) is 0 Å². The molecule has 0 heterocycles. The number of esters is 2. The lowest BCUT2D eigenvalue weighted by Gasteiger charge is -2.19. The zero-order valence-electron chi connectivity index (χ0n) is 12.6. The monoisotopic (exact) mass is 729 g/mol. The van der Waals surface area contributed by atoms with E-state index in [0.717, 1.165) is 7.14 Å². The zero-order valence-corrected chi connectivity index (χ0v) is 19.9. The van der Waals surface area contributed by atoms with Gasteiger partial charge in [0, 0.05) is 17.1 Å². The first-order valence-corrected chi connectivity index (χ1v) is 11.3. The third-order valence-corrected chi connectivity index (χ3v) is 7.57. The first kappa shape index (κ1) is 24.2. The minimum absolute atomic E-state index is 0.0165. The van der Waals surface area contributed by atoms with Gasteiger partial charge in [-0.1, -0.05) is 0 Å². The number of halogens is 5. The Balaban J connectivity index is 2.45. The van der Waals surface area contributed by atoms with Crippen LogP contribution in [-0.4, -0.2) is 43.4 Å². The van der Waals surface area contributed by atoms with Gasteiger partial charge in [-0.3, -0.25) is 4.79 Å². The molecule has 0 fully saturated rings. The number of carbonyl (C=O) groups is 2. The van der Waals surface area contributed by atoms with E-state index in [0.29, 0.717) is 9.13 Å². The minimum atomic E-state index is -5.91. The normalized spacial score (nSPS) is 11.9. The lowest BCUT2D eigenvalue weighted by Crippen LogP contribution is -2.34. The quantitative estimate of drug-likeness (QED) is 0.133. The molecule has 7 nitrogen and oxygen atoms in total. The molecule has 26 heavy (non-hydrogen) atoms. The van der Waals surface area contributed by atoms with Crippen molar-refractivity contribution in [2.24, 2.45) is 0 Å². The molecule has 0 aliphatic rings. The Morgan fingerprint density at radius 1 is 1.12 bits per heavy atom. The number of rotatable bonds is 8. The first-order valence-electron chi connectivity index (χ1n) is 6.66. The molecule has 0 aliphatic carbocycles. The highest BCUT2D eigenvalue weighted by atomic mass is 127. The van der Waals surface area contributed by atoms with E-state index in [1.807, 2.05) is 51.2 Å². The SMILES string of the molecule is O=C(CCCOC(=O)c1c(I)ccc(I)c1I)OCC(F)(F)S(=O)(=O)[O-]. The minimum Gasteiger partial charge on any atom is -0.743 e. The van der Waals surface area contributed by atoms with Gasteiger partial charge in [0.2, 0.25) is 0 Å². The van der Waals surface area contributed by atoms with E-state index < -0.39 is 33.9 Å². The van der Waals surface area contributed by atoms with Crippen LogP contribution in [0.3, 0.4) is 0 Å². The van der Waals surface area contributed by atoms with Gasteiger partial charge < -0.3 is 14.0 Å². The number of ether oxygens (including phenoxy) is 2. The summed E-state index contributed by atoms with van der Waals surface area (Å²) in [5, 5.41) is -4.69. The van der Waals surface area contributed by atoms with E-state index in [4.69, 9.17) is 4.74 Å². The lowest BCUT2D eigenvalue weighted by atomic mass is 10.2. The molecule has 146 valence electrons. The van der Waals surface area contributed by atoms with Crippen LogP contribution in [-0.2, 0) is 24.4 Å². The molecule has 13 heteroatoms. The number of carbonyl (C=O) groups excluding carboxylic acids is 2. The molecule has 0 N–H and O–H groups in total. The summed E-state index contributed by atoms with van der Waals surface area (Å²) in [6.45, 7) is -2.02. The topological polar surface area (TPSA) is 110 Å². The van der Waals surface area contributed by atoms with Crippen molar-refractivity contribution < 1.29 is 40.8 Å². The summed E-state index contributed by atoms with van der Waals surface area (Å²) < 4.78 is 67.8. The number of benzene rings is 1. The highest BCUT2D eigenvalue weighted by molar-refractivity contribution is 14.1. The Morgan fingerprint density at radius 2 is 1.69 bits per heavy atom. The molecule has 1 aromatic rings. The summed E-state index contributed by atoms with van der Waals surface area (Å²) in [4.78, 5) is 23.4. The maximum atomic E-state index is 12.8. The van der Waals surface area contributed by atoms with Crippen LogP contribution in [0.2, 0.25) is 0 Å². The van der Waals surface area contributed by atoms with Gasteiger partial charge >= 0.3 is 17.2 Å². The molecule has 1 aromatic carbocycles. The maximum absolute atomic E-state index is 12.8. The van der Waals surface area contributed by atoms with Crippen molar-refractivity contribution in [2.45, 2.75) is 18.1 Å². The molecule has 0 aromatic heterocycles. The van der Waals surface area contributed by atoms with E-state index in [9.17, 15) is 31.3 Å². The van der Waals surface area contributed by atoms with Crippen molar-refractivity contribution in [1.82, 2.24) is 0 Å². The molecular weight excluding hydrogens is 719 g/mol. The summed E-state index contributed by atoms with van der Waals surface area (Å²) in [6.07, 6.45) is -0.403. The predicted molar refractivity (Wildman–Crippen MR) is 110 cm³/mol. The molecule has 1 rings (SSSR count). The Bertz CT molecular complexity index is 799. The van der Waals surface area contributed by atoms with Gasteiger partial charge in [0.15, 0.2) is 16.7 Å². The summed E-state index contributed by atoms with van der Waals surface area (Å²) >= 11 is 6.06. The second-order valence-corrected chi connectivity index (χ2v) is 9.62. The first-order chi connectivity index (χ1) is 11.9. The van der Waals surface area contributed by atoms with Crippen LogP contribution in [0.5, 0.6) is 0 Å². The Hall–Kier alpha value is 0.120. The van der Waals surface area contributed by atoms with Crippen LogP contribution in [0.4, 0.5) is 8.78 Å². The van der Waals surface area contributed by atoms with Crippen LogP contribution in [0.15, 0.2) is 12.1 Å². The summed E-state index contributed by atoms with van der Waals surface area (Å²) in [6, 6.07) is 3.59. The second-order valence-electron chi connectivity index (χ2n) is 4.71. The van der Waals surface area contributed by atoms with Crippen LogP contribution in [0.1, 0.15) is 23.2 Å². The van der Waals surface area contributed by atoms with E-state index in [-0.39, 0.29) is 19.4 Å². The molecule has 0 aliphatic heterocycles. The molecular formula is C13H10F2I3O7S-. The molecule has 0 saturated carbocycles. The van der Waals surface area contributed by atoms with Gasteiger partial charge in [-0.15, -0.1) is 0 Å². The van der Waals surface area contributed by atoms with E-state index in [1.165, 1.54) is 0 Å². The van der Waals surface area contributed by atoms with Gasteiger partial charge in [0.25, 0.3) is 0 Å². The number of alkyl halides is 2. The smallest absolute Gasteiger partial charge is 0.367 e. The lowest BCUT2D eigenvalue weighted by molar-refractivity contribution is -0.150. The Labute approximate surface area is 188 Å². The second kappa shape index (κ2) is 10.1. The van der Waals surface area contributed by atoms with Crippen LogP contribution >= 0.6 is 67.8 Å². The van der Waals surface area contributed by atoms with Gasteiger partial charge in [-0.25, -0.2) is 13.2 Å². The molecule has 0 atom stereocenters. The van der Waals surface area contributed by atoms with Crippen LogP contribution < -0.4 is 0 Å². The number of hydrogen-bond donors (Lipinski definition) is 0. The van der Waals surface area contributed by atoms with Crippen molar-refractivity contribution in [2.75, 3.05) is 13.2 Å². The van der Waals surface area contributed by atoms with Gasteiger partial charge in [0.1, 0.15) is 0 Å². The predicted octanol–water partition coefficient (Wildman–Crippen LogP) is 3.12.